The summed E-state index contributed by atoms with van der Waals surface area (Å²) in [6, 6.07) is 14.8. The van der Waals surface area contributed by atoms with Crippen molar-refractivity contribution in [3.8, 4) is 0 Å². The Balaban J connectivity index is 1.32. The Morgan fingerprint density at radius 3 is 2.40 bits per heavy atom. The largest absolute Gasteiger partial charge is 0.368 e. The number of para-hydroxylation sites is 1. The van der Waals surface area contributed by atoms with Crippen LogP contribution in [0.5, 0.6) is 0 Å². The molecule has 2 aromatic carbocycles. The monoisotopic (exact) mass is 404 g/mol. The smallest absolute Gasteiger partial charge is 0.258 e. The molecule has 1 aliphatic heterocycles. The number of aromatic nitrogens is 2. The van der Waals surface area contributed by atoms with E-state index in [1.54, 1.807) is 25.1 Å². The number of hydrogen-bond donors (Lipinski definition) is 1. The Hall–Kier alpha value is -3.48. The Labute approximate surface area is 174 Å². The Morgan fingerprint density at radius 1 is 1.00 bits per heavy atom. The molecule has 30 heavy (non-hydrogen) atoms. The van der Waals surface area contributed by atoms with E-state index in [1.165, 1.54) is 0 Å². The van der Waals surface area contributed by atoms with Gasteiger partial charge in [-0.3, -0.25) is 14.4 Å². The lowest BCUT2D eigenvalue weighted by Crippen LogP contribution is -2.48. The fourth-order valence-electron chi connectivity index (χ4n) is 3.76. The van der Waals surface area contributed by atoms with E-state index in [2.05, 4.69) is 14.9 Å². The molecule has 0 aliphatic carbocycles. The van der Waals surface area contributed by atoms with Gasteiger partial charge in [0, 0.05) is 50.3 Å². The summed E-state index contributed by atoms with van der Waals surface area (Å²) in [7, 11) is 0. The van der Waals surface area contributed by atoms with Crippen LogP contribution in [0.15, 0.2) is 53.3 Å². The van der Waals surface area contributed by atoms with Crippen LogP contribution < -0.4 is 10.5 Å². The van der Waals surface area contributed by atoms with E-state index in [9.17, 15) is 14.4 Å². The second-order valence-electron chi connectivity index (χ2n) is 7.50. The SMILES string of the molecule is CC(=O)c1ccc(N2CCN(C(=O)CCc3nc4ccccc4c(=O)[nH]3)CC2)cc1. The van der Waals surface area contributed by atoms with Crippen LogP contribution in [0.2, 0.25) is 0 Å². The summed E-state index contributed by atoms with van der Waals surface area (Å²) in [6.45, 7) is 4.35. The Morgan fingerprint density at radius 2 is 1.70 bits per heavy atom. The molecule has 4 rings (SSSR count). The van der Waals surface area contributed by atoms with Crippen LogP contribution in [0.1, 0.15) is 29.5 Å². The summed E-state index contributed by atoms with van der Waals surface area (Å²) >= 11 is 0. The van der Waals surface area contributed by atoms with Gasteiger partial charge in [0.2, 0.25) is 5.91 Å². The van der Waals surface area contributed by atoms with Gasteiger partial charge >= 0.3 is 0 Å². The van der Waals surface area contributed by atoms with E-state index in [4.69, 9.17) is 0 Å². The summed E-state index contributed by atoms with van der Waals surface area (Å²) in [6.07, 6.45) is 0.722. The lowest BCUT2D eigenvalue weighted by Gasteiger charge is -2.36. The number of aromatic amines is 1. The lowest BCUT2D eigenvalue weighted by molar-refractivity contribution is -0.131. The first-order valence-electron chi connectivity index (χ1n) is 10.1. The number of nitrogens with zero attached hydrogens (tertiary/aromatic N) is 3. The number of piperazine rings is 1. The fraction of sp³-hybridized carbons (Fsp3) is 0.304. The normalized spacial score (nSPS) is 14.2. The number of nitrogens with one attached hydrogen (secondary N) is 1. The highest BCUT2D eigenvalue weighted by molar-refractivity contribution is 5.94. The molecule has 0 bridgehead atoms. The number of H-pyrrole nitrogens is 1. The number of ketones is 1. The van der Waals surface area contributed by atoms with Crippen LogP contribution in [0, 0.1) is 0 Å². The minimum absolute atomic E-state index is 0.0548. The van der Waals surface area contributed by atoms with Gasteiger partial charge in [-0.05, 0) is 43.3 Å². The second-order valence-corrected chi connectivity index (χ2v) is 7.50. The molecular formula is C23H24N4O3. The molecule has 3 aromatic rings. The number of benzene rings is 2. The molecular weight excluding hydrogens is 380 g/mol. The van der Waals surface area contributed by atoms with Gasteiger partial charge in [0.15, 0.2) is 5.78 Å². The second kappa shape index (κ2) is 8.49. The molecule has 2 heterocycles. The number of hydrogen-bond acceptors (Lipinski definition) is 5. The van der Waals surface area contributed by atoms with Crippen molar-refractivity contribution in [3.63, 3.8) is 0 Å². The van der Waals surface area contributed by atoms with Gasteiger partial charge in [-0.2, -0.15) is 0 Å². The molecule has 1 N–H and O–H groups in total. The third-order valence-corrected chi connectivity index (χ3v) is 5.51. The van der Waals surface area contributed by atoms with E-state index in [-0.39, 0.29) is 17.2 Å². The maximum Gasteiger partial charge on any atom is 0.258 e. The number of carbonyl (C=O) groups is 2. The molecule has 0 radical (unpaired) electrons. The average molecular weight is 404 g/mol. The molecule has 0 atom stereocenters. The fourth-order valence-corrected chi connectivity index (χ4v) is 3.76. The molecule has 1 fully saturated rings. The van der Waals surface area contributed by atoms with Crippen molar-refractivity contribution in [2.45, 2.75) is 19.8 Å². The van der Waals surface area contributed by atoms with Crippen molar-refractivity contribution in [3.05, 3.63) is 70.3 Å². The zero-order chi connectivity index (χ0) is 21.1. The summed E-state index contributed by atoms with van der Waals surface area (Å²) < 4.78 is 0. The average Bonchev–Trinajstić information content (AvgIpc) is 2.78. The van der Waals surface area contributed by atoms with Crippen molar-refractivity contribution in [2.24, 2.45) is 0 Å². The number of Topliss-reactive ketones (excluding diaryl/α,β-unsaturated/α-hetero) is 1. The van der Waals surface area contributed by atoms with Gasteiger partial charge in [0.1, 0.15) is 5.82 Å². The number of anilines is 1. The number of rotatable bonds is 5. The molecule has 7 nitrogen and oxygen atoms in total. The number of fused-ring (bicyclic) bond motifs is 1. The van der Waals surface area contributed by atoms with E-state index in [1.807, 2.05) is 35.2 Å². The summed E-state index contributed by atoms with van der Waals surface area (Å²) in [5.74, 6) is 0.660. The van der Waals surface area contributed by atoms with E-state index in [0.717, 1.165) is 18.8 Å². The topological polar surface area (TPSA) is 86.4 Å². The molecule has 0 saturated carbocycles. The van der Waals surface area contributed by atoms with Crippen LogP contribution in [0.25, 0.3) is 10.9 Å². The van der Waals surface area contributed by atoms with Gasteiger partial charge in [-0.1, -0.05) is 12.1 Å². The molecule has 1 saturated heterocycles. The van der Waals surface area contributed by atoms with Gasteiger partial charge in [0.25, 0.3) is 5.56 Å². The van der Waals surface area contributed by atoms with E-state index >= 15 is 0 Å². The lowest BCUT2D eigenvalue weighted by atomic mass is 10.1. The third kappa shape index (κ3) is 4.25. The summed E-state index contributed by atoms with van der Waals surface area (Å²) in [5.41, 5.74) is 2.23. The van der Waals surface area contributed by atoms with E-state index in [0.29, 0.717) is 48.2 Å². The first-order valence-corrected chi connectivity index (χ1v) is 10.1. The molecule has 1 aliphatic rings. The van der Waals surface area contributed by atoms with Crippen molar-refractivity contribution in [1.82, 2.24) is 14.9 Å². The van der Waals surface area contributed by atoms with Crippen molar-refractivity contribution in [1.29, 1.82) is 0 Å². The number of aryl methyl sites for hydroxylation is 1. The Bertz CT molecular complexity index is 1130. The van der Waals surface area contributed by atoms with Gasteiger partial charge in [0.05, 0.1) is 10.9 Å². The van der Waals surface area contributed by atoms with Gasteiger partial charge in [-0.15, -0.1) is 0 Å². The van der Waals surface area contributed by atoms with Crippen molar-refractivity contribution < 1.29 is 9.59 Å². The highest BCUT2D eigenvalue weighted by Crippen LogP contribution is 2.18. The van der Waals surface area contributed by atoms with Crippen LogP contribution >= 0.6 is 0 Å². The van der Waals surface area contributed by atoms with Gasteiger partial charge < -0.3 is 14.8 Å². The van der Waals surface area contributed by atoms with Gasteiger partial charge in [-0.25, -0.2) is 4.98 Å². The van der Waals surface area contributed by atoms with E-state index < -0.39 is 0 Å². The Kier molecular flexibility index (Phi) is 5.61. The number of carbonyl (C=O) groups excluding carboxylic acids is 2. The molecule has 1 amide bonds. The zero-order valence-electron chi connectivity index (χ0n) is 16.9. The third-order valence-electron chi connectivity index (χ3n) is 5.51. The number of amides is 1. The molecule has 7 heteroatoms. The molecule has 154 valence electrons. The van der Waals surface area contributed by atoms with Crippen LogP contribution in [0.3, 0.4) is 0 Å². The first-order chi connectivity index (χ1) is 14.5. The summed E-state index contributed by atoms with van der Waals surface area (Å²) in [4.78, 5) is 47.5. The van der Waals surface area contributed by atoms with Crippen molar-refractivity contribution in [2.75, 3.05) is 31.1 Å². The zero-order valence-corrected chi connectivity index (χ0v) is 16.9. The maximum absolute atomic E-state index is 12.6. The van der Waals surface area contributed by atoms with Crippen LogP contribution in [-0.4, -0.2) is 52.7 Å². The predicted molar refractivity (Wildman–Crippen MR) is 116 cm³/mol. The van der Waals surface area contributed by atoms with Crippen LogP contribution in [0.4, 0.5) is 5.69 Å². The predicted octanol–water partition coefficient (Wildman–Crippen LogP) is 2.41. The standard InChI is InChI=1S/C23H24N4O3/c1-16(28)17-6-8-18(9-7-17)26-12-14-27(15-13-26)22(29)11-10-21-24-20-5-3-2-4-19(20)23(30)25-21/h2-9H,10-15H2,1H3,(H,24,25,30). The highest BCUT2D eigenvalue weighted by atomic mass is 16.2. The maximum atomic E-state index is 12.6. The molecule has 1 aromatic heterocycles. The highest BCUT2D eigenvalue weighted by Gasteiger charge is 2.21. The molecule has 0 spiro atoms. The molecule has 0 unspecified atom stereocenters. The van der Waals surface area contributed by atoms with Crippen molar-refractivity contribution >= 4 is 28.3 Å². The minimum atomic E-state index is -0.174. The quantitative estimate of drug-likeness (QED) is 0.660. The minimum Gasteiger partial charge on any atom is -0.368 e. The first kappa shape index (κ1) is 19.8. The van der Waals surface area contributed by atoms with Crippen LogP contribution in [-0.2, 0) is 11.2 Å². The summed E-state index contributed by atoms with van der Waals surface area (Å²) in [5, 5.41) is 0.556.